The average Bonchev–Trinajstić information content (AvgIpc) is 2.83. The van der Waals surface area contributed by atoms with Crippen molar-refractivity contribution >= 4 is 15.7 Å². The summed E-state index contributed by atoms with van der Waals surface area (Å²) in [4.78, 5) is 2.86. The number of nitrogens with one attached hydrogen (secondary N) is 2. The number of halogens is 1. The fourth-order valence-corrected chi connectivity index (χ4v) is 2.68. The normalized spacial score (nSPS) is 11.5. The molecule has 0 unspecified atom stereocenters. The van der Waals surface area contributed by atoms with E-state index in [0.29, 0.717) is 16.9 Å². The molecular formula is C12H14FN3O2S. The zero-order valence-electron chi connectivity index (χ0n) is 10.3. The van der Waals surface area contributed by atoms with Crippen LogP contribution in [0.5, 0.6) is 0 Å². The van der Waals surface area contributed by atoms with E-state index in [2.05, 4.69) is 9.71 Å². The molecule has 0 aliphatic carbocycles. The molecular weight excluding hydrogens is 269 g/mol. The minimum absolute atomic E-state index is 0.0925. The third-order valence-electron chi connectivity index (χ3n) is 2.66. The maximum Gasteiger partial charge on any atom is 0.263 e. The highest BCUT2D eigenvalue weighted by molar-refractivity contribution is 7.92. The number of hydrogen-bond donors (Lipinski definition) is 3. The molecule has 0 spiro atoms. The molecule has 7 heteroatoms. The second-order valence-corrected chi connectivity index (χ2v) is 5.82. The molecule has 0 saturated carbocycles. The monoisotopic (exact) mass is 283 g/mol. The Morgan fingerprint density at radius 2 is 2.11 bits per heavy atom. The van der Waals surface area contributed by atoms with Crippen LogP contribution in [0.15, 0.2) is 35.4 Å². The van der Waals surface area contributed by atoms with Crippen molar-refractivity contribution in [1.29, 1.82) is 0 Å². The molecule has 19 heavy (non-hydrogen) atoms. The number of sulfonamides is 1. The molecule has 2 rings (SSSR count). The van der Waals surface area contributed by atoms with Gasteiger partial charge in [-0.3, -0.25) is 4.72 Å². The number of aromatic nitrogens is 1. The smallest absolute Gasteiger partial charge is 0.263 e. The lowest BCUT2D eigenvalue weighted by molar-refractivity contribution is 0.601. The van der Waals surface area contributed by atoms with Crippen molar-refractivity contribution in [3.05, 3.63) is 47.5 Å². The van der Waals surface area contributed by atoms with Crippen LogP contribution in [0, 0.1) is 12.7 Å². The van der Waals surface area contributed by atoms with Gasteiger partial charge in [-0.1, -0.05) is 0 Å². The number of aromatic amines is 1. The Morgan fingerprint density at radius 3 is 2.68 bits per heavy atom. The van der Waals surface area contributed by atoms with E-state index in [4.69, 9.17) is 5.73 Å². The summed E-state index contributed by atoms with van der Waals surface area (Å²) in [6.45, 7) is 1.79. The van der Waals surface area contributed by atoms with E-state index < -0.39 is 10.0 Å². The van der Waals surface area contributed by atoms with Crippen molar-refractivity contribution in [3.8, 4) is 0 Å². The van der Waals surface area contributed by atoms with E-state index >= 15 is 0 Å². The molecule has 102 valence electrons. The van der Waals surface area contributed by atoms with Crippen LogP contribution < -0.4 is 10.5 Å². The maximum absolute atomic E-state index is 13.1. The van der Waals surface area contributed by atoms with Gasteiger partial charge in [-0.05, 0) is 36.8 Å². The van der Waals surface area contributed by atoms with Crippen molar-refractivity contribution in [2.24, 2.45) is 5.73 Å². The Balaban J connectivity index is 2.28. The van der Waals surface area contributed by atoms with Crippen LogP contribution in [0.1, 0.15) is 11.3 Å². The lowest BCUT2D eigenvalue weighted by atomic mass is 10.2. The summed E-state index contributed by atoms with van der Waals surface area (Å²) in [5.74, 6) is -0.380. The second-order valence-electron chi connectivity index (χ2n) is 4.13. The summed E-state index contributed by atoms with van der Waals surface area (Å²) in [7, 11) is -3.69. The van der Waals surface area contributed by atoms with Gasteiger partial charge in [0.1, 0.15) is 10.7 Å². The molecule has 0 bridgehead atoms. The van der Waals surface area contributed by atoms with Crippen LogP contribution in [0.4, 0.5) is 10.1 Å². The third kappa shape index (κ3) is 2.94. The highest BCUT2D eigenvalue weighted by Crippen LogP contribution is 2.19. The number of nitrogens with two attached hydrogens (primary N) is 1. The number of benzene rings is 1. The zero-order valence-corrected chi connectivity index (χ0v) is 11.1. The number of aryl methyl sites for hydroxylation is 1. The largest absolute Gasteiger partial charge is 0.363 e. The average molecular weight is 283 g/mol. The van der Waals surface area contributed by atoms with Gasteiger partial charge in [-0.25, -0.2) is 12.8 Å². The van der Waals surface area contributed by atoms with Crippen LogP contribution in [0.25, 0.3) is 0 Å². The van der Waals surface area contributed by atoms with Crippen molar-refractivity contribution in [2.45, 2.75) is 18.4 Å². The summed E-state index contributed by atoms with van der Waals surface area (Å²) in [5, 5.41) is 0. The van der Waals surface area contributed by atoms with Crippen molar-refractivity contribution in [3.63, 3.8) is 0 Å². The number of anilines is 1. The lowest BCUT2D eigenvalue weighted by Crippen LogP contribution is -2.12. The molecule has 5 nitrogen and oxygen atoms in total. The van der Waals surface area contributed by atoms with Gasteiger partial charge in [-0.2, -0.15) is 0 Å². The summed E-state index contributed by atoms with van der Waals surface area (Å²) in [5.41, 5.74) is 6.71. The molecule has 1 heterocycles. The molecule has 1 aromatic carbocycles. The van der Waals surface area contributed by atoms with Crippen molar-refractivity contribution in [1.82, 2.24) is 4.98 Å². The SMILES string of the molecule is Cc1cc(NS(=O)(=O)c2c[nH]c(CN)c2)ccc1F. The fraction of sp³-hybridized carbons (Fsp3) is 0.167. The van der Waals surface area contributed by atoms with Crippen LogP contribution in [-0.4, -0.2) is 13.4 Å². The number of rotatable bonds is 4. The maximum atomic E-state index is 13.1. The van der Waals surface area contributed by atoms with Crippen LogP contribution in [-0.2, 0) is 16.6 Å². The summed E-state index contributed by atoms with van der Waals surface area (Å²) < 4.78 is 39.6. The summed E-state index contributed by atoms with van der Waals surface area (Å²) in [6.07, 6.45) is 1.36. The molecule has 0 saturated heterocycles. The van der Waals surface area contributed by atoms with E-state index in [0.717, 1.165) is 0 Å². The van der Waals surface area contributed by atoms with Crippen LogP contribution in [0.3, 0.4) is 0 Å². The Kier molecular flexibility index (Phi) is 3.59. The standard InChI is InChI=1S/C12H14FN3O2S/c1-8-4-9(2-3-12(8)13)16-19(17,18)11-5-10(6-14)15-7-11/h2-5,7,15-16H,6,14H2,1H3. The topological polar surface area (TPSA) is 88.0 Å². The van der Waals surface area contributed by atoms with Gasteiger partial charge in [0.05, 0.1) is 0 Å². The second kappa shape index (κ2) is 5.02. The summed E-state index contributed by atoms with van der Waals surface area (Å²) in [6, 6.07) is 5.48. The Labute approximate surface area is 110 Å². The van der Waals surface area contributed by atoms with E-state index in [-0.39, 0.29) is 17.3 Å². The van der Waals surface area contributed by atoms with E-state index in [9.17, 15) is 12.8 Å². The molecule has 2 aromatic rings. The van der Waals surface area contributed by atoms with Gasteiger partial charge in [-0.15, -0.1) is 0 Å². The van der Waals surface area contributed by atoms with Gasteiger partial charge in [0.25, 0.3) is 10.0 Å². The molecule has 0 aliphatic rings. The van der Waals surface area contributed by atoms with E-state index in [1.807, 2.05) is 0 Å². The zero-order chi connectivity index (χ0) is 14.0. The Hall–Kier alpha value is -1.86. The number of hydrogen-bond acceptors (Lipinski definition) is 3. The number of H-pyrrole nitrogens is 1. The van der Waals surface area contributed by atoms with E-state index in [1.54, 1.807) is 6.92 Å². The van der Waals surface area contributed by atoms with Crippen LogP contribution >= 0.6 is 0 Å². The van der Waals surface area contributed by atoms with Crippen LogP contribution in [0.2, 0.25) is 0 Å². The van der Waals surface area contributed by atoms with Gasteiger partial charge in [0.15, 0.2) is 0 Å². The predicted molar refractivity (Wildman–Crippen MR) is 70.6 cm³/mol. The minimum Gasteiger partial charge on any atom is -0.363 e. The predicted octanol–water partition coefficient (Wildman–Crippen LogP) is 1.72. The van der Waals surface area contributed by atoms with Gasteiger partial charge in [0.2, 0.25) is 0 Å². The molecule has 0 aliphatic heterocycles. The van der Waals surface area contributed by atoms with E-state index in [1.165, 1.54) is 30.5 Å². The van der Waals surface area contributed by atoms with Gasteiger partial charge < -0.3 is 10.7 Å². The first-order valence-corrected chi connectivity index (χ1v) is 7.07. The first-order chi connectivity index (χ1) is 8.92. The summed E-state index contributed by atoms with van der Waals surface area (Å²) >= 11 is 0. The minimum atomic E-state index is -3.69. The highest BCUT2D eigenvalue weighted by atomic mass is 32.2. The van der Waals surface area contributed by atoms with Crippen molar-refractivity contribution < 1.29 is 12.8 Å². The Morgan fingerprint density at radius 1 is 1.37 bits per heavy atom. The third-order valence-corrected chi connectivity index (χ3v) is 4.02. The molecule has 0 amide bonds. The molecule has 4 N–H and O–H groups in total. The van der Waals surface area contributed by atoms with Crippen molar-refractivity contribution in [2.75, 3.05) is 4.72 Å². The van der Waals surface area contributed by atoms with Gasteiger partial charge in [0, 0.05) is 24.1 Å². The van der Waals surface area contributed by atoms with Gasteiger partial charge >= 0.3 is 0 Å². The molecule has 0 atom stereocenters. The molecule has 0 fully saturated rings. The quantitative estimate of drug-likeness (QED) is 0.798. The first-order valence-electron chi connectivity index (χ1n) is 5.59. The molecule has 1 aromatic heterocycles. The first kappa shape index (κ1) is 13.6. The lowest BCUT2D eigenvalue weighted by Gasteiger charge is -2.07. The Bertz CT molecular complexity index is 695. The fourth-order valence-electron chi connectivity index (χ4n) is 1.61. The molecule has 0 radical (unpaired) electrons. The highest BCUT2D eigenvalue weighted by Gasteiger charge is 2.16.